The summed E-state index contributed by atoms with van der Waals surface area (Å²) in [5.74, 6) is -2.63. The van der Waals surface area contributed by atoms with E-state index in [1.807, 2.05) is 0 Å². The van der Waals surface area contributed by atoms with Crippen LogP contribution in [0.25, 0.3) is 10.9 Å². The number of carbonyl (C=O) groups excluding carboxylic acids is 1. The van der Waals surface area contributed by atoms with Crippen molar-refractivity contribution >= 4 is 28.3 Å². The smallest absolute Gasteiger partial charge is 0.341 e. The van der Waals surface area contributed by atoms with Crippen LogP contribution in [0.5, 0.6) is 5.75 Å². The predicted molar refractivity (Wildman–Crippen MR) is 123 cm³/mol. The maximum Gasteiger partial charge on any atom is 0.341 e. The van der Waals surface area contributed by atoms with Crippen molar-refractivity contribution in [1.29, 1.82) is 0 Å². The van der Waals surface area contributed by atoms with Crippen LogP contribution in [0.3, 0.4) is 0 Å². The second-order valence-electron chi connectivity index (χ2n) is 8.73. The lowest BCUT2D eigenvalue weighted by Crippen LogP contribution is -2.33. The fourth-order valence-electron chi connectivity index (χ4n) is 4.54. The minimum atomic E-state index is -1.38. The highest BCUT2D eigenvalue weighted by Gasteiger charge is 2.32. The van der Waals surface area contributed by atoms with Gasteiger partial charge in [0.15, 0.2) is 11.6 Å². The molecular formula is C24H27F2N3O5. The van der Waals surface area contributed by atoms with E-state index in [2.05, 4.69) is 0 Å². The van der Waals surface area contributed by atoms with Crippen LogP contribution in [0, 0.1) is 5.82 Å². The second kappa shape index (κ2) is 9.54. The van der Waals surface area contributed by atoms with Crippen LogP contribution in [-0.4, -0.2) is 48.2 Å². The van der Waals surface area contributed by atoms with Gasteiger partial charge < -0.3 is 25.0 Å². The molecule has 2 fully saturated rings. The molecule has 2 aromatic rings. The van der Waals surface area contributed by atoms with Gasteiger partial charge in [0.25, 0.3) is 0 Å². The van der Waals surface area contributed by atoms with Gasteiger partial charge in [-0.3, -0.25) is 9.59 Å². The normalized spacial score (nSPS) is 17.7. The number of anilines is 1. The van der Waals surface area contributed by atoms with Gasteiger partial charge in [-0.05, 0) is 37.3 Å². The van der Waals surface area contributed by atoms with Gasteiger partial charge in [0.05, 0.1) is 24.6 Å². The Labute approximate surface area is 194 Å². The molecule has 0 bridgehead atoms. The molecular weight excluding hydrogens is 448 g/mol. The lowest BCUT2D eigenvalue weighted by atomic mass is 10.00. The first kappa shape index (κ1) is 23.9. The maximum absolute atomic E-state index is 15.5. The Morgan fingerprint density at radius 1 is 1.29 bits per heavy atom. The zero-order valence-electron chi connectivity index (χ0n) is 18.9. The van der Waals surface area contributed by atoms with Crippen molar-refractivity contribution in [2.45, 2.75) is 44.6 Å². The fourth-order valence-corrected chi connectivity index (χ4v) is 4.54. The standard InChI is InChI=1S/C24H27F2N3O5/c1-34-23-20-16(22(31)17(24(32)33)12-29(20)14-4-5-14)9-19(26)21(23)28-8-2-3-13(11-28)18(25)7-6-15(30)10-27/h9,12,14H,2-8,10-11,27H2,1H3,(H,32,33)/b18-13+. The Kier molecular flexibility index (Phi) is 6.70. The Hall–Kier alpha value is -3.27. The monoisotopic (exact) mass is 475 g/mol. The van der Waals surface area contributed by atoms with Gasteiger partial charge in [0.2, 0.25) is 5.43 Å². The highest BCUT2D eigenvalue weighted by molar-refractivity contribution is 5.97. The highest BCUT2D eigenvalue weighted by Crippen LogP contribution is 2.44. The Bertz CT molecular complexity index is 1250. The lowest BCUT2D eigenvalue weighted by molar-refractivity contribution is -0.117. The van der Waals surface area contributed by atoms with E-state index in [0.717, 1.165) is 18.9 Å². The number of ketones is 1. The molecule has 1 saturated carbocycles. The van der Waals surface area contributed by atoms with Crippen molar-refractivity contribution in [3.63, 3.8) is 0 Å². The summed E-state index contributed by atoms with van der Waals surface area (Å²) in [5.41, 5.74) is 5.02. The highest BCUT2D eigenvalue weighted by atomic mass is 19.1. The van der Waals surface area contributed by atoms with E-state index in [4.69, 9.17) is 10.5 Å². The van der Waals surface area contributed by atoms with Gasteiger partial charge >= 0.3 is 5.97 Å². The minimum Gasteiger partial charge on any atom is -0.492 e. The molecule has 1 aliphatic carbocycles. The van der Waals surface area contributed by atoms with Crippen LogP contribution >= 0.6 is 0 Å². The molecule has 1 saturated heterocycles. The van der Waals surface area contributed by atoms with E-state index in [0.29, 0.717) is 30.5 Å². The number of halogens is 2. The molecule has 3 N–H and O–H groups in total. The second-order valence-corrected chi connectivity index (χ2v) is 8.73. The number of aromatic nitrogens is 1. The molecule has 0 unspecified atom stereocenters. The van der Waals surface area contributed by atoms with Crippen LogP contribution in [-0.2, 0) is 4.79 Å². The number of piperidine rings is 1. The molecule has 34 heavy (non-hydrogen) atoms. The number of fused-ring (bicyclic) bond motifs is 1. The van der Waals surface area contributed by atoms with Gasteiger partial charge in [-0.15, -0.1) is 0 Å². The molecule has 2 heterocycles. The Morgan fingerprint density at radius 2 is 2.03 bits per heavy atom. The third-order valence-electron chi connectivity index (χ3n) is 6.41. The van der Waals surface area contributed by atoms with Crippen molar-refractivity contribution < 1.29 is 28.2 Å². The first-order valence-corrected chi connectivity index (χ1v) is 11.3. The molecule has 0 atom stereocenters. The number of carboxylic acid groups (broad SMARTS) is 1. The number of carboxylic acids is 1. The number of methoxy groups -OCH3 is 1. The molecule has 4 rings (SSSR count). The Balaban J connectivity index is 1.82. The van der Waals surface area contributed by atoms with Crippen molar-refractivity contribution in [3.05, 3.63) is 45.3 Å². The predicted octanol–water partition coefficient (Wildman–Crippen LogP) is 3.31. The maximum atomic E-state index is 15.5. The van der Waals surface area contributed by atoms with Gasteiger partial charge in [-0.2, -0.15) is 0 Å². The quantitative estimate of drug-likeness (QED) is 0.602. The number of aromatic carboxylic acids is 1. The van der Waals surface area contributed by atoms with Gasteiger partial charge in [0.1, 0.15) is 22.9 Å². The lowest BCUT2D eigenvalue weighted by Gasteiger charge is -2.33. The van der Waals surface area contributed by atoms with Crippen LogP contribution in [0.15, 0.2) is 28.5 Å². The number of ether oxygens (including phenoxy) is 1. The minimum absolute atomic E-state index is 0.0113. The topological polar surface area (TPSA) is 115 Å². The van der Waals surface area contributed by atoms with Gasteiger partial charge in [-0.1, -0.05) is 0 Å². The number of hydrogen-bond acceptors (Lipinski definition) is 6. The third kappa shape index (κ3) is 4.42. The van der Waals surface area contributed by atoms with E-state index in [1.165, 1.54) is 13.3 Å². The largest absolute Gasteiger partial charge is 0.492 e. The van der Waals surface area contributed by atoms with Crippen molar-refractivity contribution in [2.75, 3.05) is 31.6 Å². The number of allylic oxidation sites excluding steroid dienone is 1. The number of Topliss-reactive ketones (excluding diaryl/α,β-unsaturated/α-hetero) is 1. The molecule has 182 valence electrons. The molecule has 1 aliphatic heterocycles. The Morgan fingerprint density at radius 3 is 2.65 bits per heavy atom. The third-order valence-corrected chi connectivity index (χ3v) is 6.41. The number of carbonyl (C=O) groups is 2. The van der Waals surface area contributed by atoms with Gasteiger partial charge in [-0.25, -0.2) is 13.6 Å². The number of rotatable bonds is 8. The molecule has 0 radical (unpaired) electrons. The summed E-state index contributed by atoms with van der Waals surface area (Å²) in [6.45, 7) is 0.418. The van der Waals surface area contributed by atoms with Crippen LogP contribution < -0.4 is 20.8 Å². The molecule has 1 aromatic carbocycles. The zero-order valence-corrected chi connectivity index (χ0v) is 18.9. The molecule has 0 spiro atoms. The molecule has 1 aromatic heterocycles. The molecule has 0 amide bonds. The van der Waals surface area contributed by atoms with Crippen molar-refractivity contribution in [1.82, 2.24) is 4.57 Å². The SMILES string of the molecule is COc1c(N2CCC/C(=C(\F)CCC(=O)CN)C2)c(F)cc2c(=O)c(C(=O)O)cn(C3CC3)c12. The van der Waals surface area contributed by atoms with E-state index in [1.54, 1.807) is 9.47 Å². The van der Waals surface area contributed by atoms with E-state index >= 15 is 4.39 Å². The van der Waals surface area contributed by atoms with E-state index < -0.39 is 28.6 Å². The number of nitrogens with zero attached hydrogens (tertiary/aromatic N) is 2. The summed E-state index contributed by atoms with van der Waals surface area (Å²) < 4.78 is 37.5. The average molecular weight is 475 g/mol. The van der Waals surface area contributed by atoms with E-state index in [9.17, 15) is 23.9 Å². The summed E-state index contributed by atoms with van der Waals surface area (Å²) in [7, 11) is 1.37. The van der Waals surface area contributed by atoms with E-state index in [-0.39, 0.29) is 54.6 Å². The average Bonchev–Trinajstić information content (AvgIpc) is 3.67. The molecule has 8 nitrogen and oxygen atoms in total. The summed E-state index contributed by atoms with van der Waals surface area (Å²) in [5, 5.41) is 9.40. The molecule has 2 aliphatic rings. The first-order chi connectivity index (χ1) is 16.3. The zero-order chi connectivity index (χ0) is 24.6. The van der Waals surface area contributed by atoms with Crippen molar-refractivity contribution in [3.8, 4) is 5.75 Å². The first-order valence-electron chi connectivity index (χ1n) is 11.3. The van der Waals surface area contributed by atoms with Crippen LogP contribution in [0.4, 0.5) is 14.5 Å². The van der Waals surface area contributed by atoms with Crippen LogP contribution in [0.1, 0.15) is 54.9 Å². The number of benzene rings is 1. The van der Waals surface area contributed by atoms with Gasteiger partial charge in [0, 0.05) is 38.2 Å². The number of pyridine rings is 1. The molecule has 10 heteroatoms. The van der Waals surface area contributed by atoms with Crippen molar-refractivity contribution in [2.24, 2.45) is 5.73 Å². The number of hydrogen-bond donors (Lipinski definition) is 2. The summed E-state index contributed by atoms with van der Waals surface area (Å²) in [4.78, 5) is 37.6. The van der Waals surface area contributed by atoms with Crippen LogP contribution in [0.2, 0.25) is 0 Å². The summed E-state index contributed by atoms with van der Waals surface area (Å²) >= 11 is 0. The summed E-state index contributed by atoms with van der Waals surface area (Å²) in [6, 6.07) is 1.04. The fraction of sp³-hybridized carbons (Fsp3) is 0.458. The summed E-state index contributed by atoms with van der Waals surface area (Å²) in [6.07, 6.45) is 3.93. The number of nitrogens with two attached hydrogens (primary N) is 1.